The summed E-state index contributed by atoms with van der Waals surface area (Å²) in [5.41, 5.74) is 5.74. The van der Waals surface area contributed by atoms with Crippen molar-refractivity contribution in [3.8, 4) is 0 Å². The van der Waals surface area contributed by atoms with E-state index in [0.29, 0.717) is 28.1 Å². The number of thioether (sulfide) groups is 1. The molecule has 0 atom stereocenters. The third-order valence-electron chi connectivity index (χ3n) is 2.79. The summed E-state index contributed by atoms with van der Waals surface area (Å²) < 4.78 is 4.24. The lowest BCUT2D eigenvalue weighted by atomic mass is 10.2. The van der Waals surface area contributed by atoms with Crippen LogP contribution in [0.15, 0.2) is 5.03 Å². The smallest absolute Gasteiger partial charge is 0.319 e. The number of primary amides is 1. The van der Waals surface area contributed by atoms with Crippen LogP contribution in [0.2, 0.25) is 0 Å². The Bertz CT molecular complexity index is 503. The number of urea groups is 1. The van der Waals surface area contributed by atoms with Crippen LogP contribution < -0.4 is 16.4 Å². The van der Waals surface area contributed by atoms with Crippen LogP contribution in [0.5, 0.6) is 0 Å². The maximum Gasteiger partial charge on any atom is 0.319 e. The van der Waals surface area contributed by atoms with Crippen molar-refractivity contribution in [2.75, 3.05) is 17.6 Å². The van der Waals surface area contributed by atoms with Crippen LogP contribution in [0, 0.1) is 5.92 Å². The Morgan fingerprint density at radius 1 is 1.36 bits per heavy atom. The zero-order valence-electron chi connectivity index (χ0n) is 13.3. The first-order valence-electron chi connectivity index (χ1n) is 7.42. The average Bonchev–Trinajstić information content (AvgIpc) is 2.84. The Morgan fingerprint density at radius 3 is 2.68 bits per heavy atom. The number of hydrogen-bond donors (Lipinski definition) is 3. The third-order valence-corrected chi connectivity index (χ3v) is 4.73. The van der Waals surface area contributed by atoms with Gasteiger partial charge in [0, 0.05) is 6.54 Å². The highest BCUT2D eigenvalue weighted by atomic mass is 32.2. The molecular formula is C14H24N4O2S2. The number of nitrogens with zero attached hydrogens (tertiary/aromatic N) is 1. The molecule has 0 aromatic carbocycles. The van der Waals surface area contributed by atoms with Gasteiger partial charge in [-0.15, -0.1) is 11.8 Å². The van der Waals surface area contributed by atoms with Crippen LogP contribution in [0.4, 0.5) is 9.80 Å². The summed E-state index contributed by atoms with van der Waals surface area (Å²) in [4.78, 5) is 23.4. The van der Waals surface area contributed by atoms with Crippen molar-refractivity contribution < 1.29 is 9.59 Å². The highest BCUT2D eigenvalue weighted by Crippen LogP contribution is 2.32. The zero-order valence-corrected chi connectivity index (χ0v) is 14.9. The lowest BCUT2D eigenvalue weighted by molar-refractivity contribution is 0.0998. The van der Waals surface area contributed by atoms with Crippen LogP contribution >= 0.6 is 23.3 Å². The molecule has 4 N–H and O–H groups in total. The number of nitrogens with one attached hydrogen (secondary N) is 2. The van der Waals surface area contributed by atoms with Gasteiger partial charge in [0.25, 0.3) is 5.91 Å². The number of carbonyl (C=O) groups excluding carboxylic acids is 2. The fourth-order valence-corrected chi connectivity index (χ4v) is 3.61. The Morgan fingerprint density at radius 2 is 2.09 bits per heavy atom. The molecule has 0 saturated heterocycles. The predicted molar refractivity (Wildman–Crippen MR) is 92.7 cm³/mol. The number of hydrogen-bond acceptors (Lipinski definition) is 5. The van der Waals surface area contributed by atoms with E-state index in [9.17, 15) is 9.59 Å². The minimum Gasteiger partial charge on any atom is -0.365 e. The number of anilines is 1. The molecule has 22 heavy (non-hydrogen) atoms. The molecule has 6 nitrogen and oxygen atoms in total. The van der Waals surface area contributed by atoms with Crippen molar-refractivity contribution >= 4 is 40.2 Å². The van der Waals surface area contributed by atoms with E-state index >= 15 is 0 Å². The van der Waals surface area contributed by atoms with E-state index in [0.717, 1.165) is 36.5 Å². The maximum absolute atomic E-state index is 11.8. The SMILES string of the molecule is CCCCCSc1nsc(NC(=O)NCC(C)C)c1C(N)=O. The van der Waals surface area contributed by atoms with Crippen LogP contribution in [0.25, 0.3) is 0 Å². The summed E-state index contributed by atoms with van der Waals surface area (Å²) in [6.07, 6.45) is 3.35. The van der Waals surface area contributed by atoms with Crippen LogP contribution in [0.1, 0.15) is 50.4 Å². The minimum atomic E-state index is -0.564. The number of carbonyl (C=O) groups is 2. The molecule has 0 aliphatic carbocycles. The average molecular weight is 345 g/mol. The maximum atomic E-state index is 11.8. The quantitative estimate of drug-likeness (QED) is 0.473. The first kappa shape index (κ1) is 18.8. The highest BCUT2D eigenvalue weighted by molar-refractivity contribution is 7.99. The second kappa shape index (κ2) is 9.68. The van der Waals surface area contributed by atoms with Crippen molar-refractivity contribution in [1.29, 1.82) is 0 Å². The molecule has 0 aliphatic heterocycles. The van der Waals surface area contributed by atoms with Gasteiger partial charge < -0.3 is 11.1 Å². The topological polar surface area (TPSA) is 97.1 Å². The van der Waals surface area contributed by atoms with Crippen molar-refractivity contribution in [1.82, 2.24) is 9.69 Å². The van der Waals surface area contributed by atoms with Gasteiger partial charge in [0.05, 0.1) is 0 Å². The Balaban J connectivity index is 2.68. The lowest BCUT2D eigenvalue weighted by Gasteiger charge is -2.08. The van der Waals surface area contributed by atoms with Gasteiger partial charge in [0.15, 0.2) is 0 Å². The monoisotopic (exact) mass is 344 g/mol. The van der Waals surface area contributed by atoms with Gasteiger partial charge >= 0.3 is 6.03 Å². The summed E-state index contributed by atoms with van der Waals surface area (Å²) in [6.45, 7) is 6.72. The molecule has 0 radical (unpaired) electrons. The predicted octanol–water partition coefficient (Wildman–Crippen LogP) is 3.30. The van der Waals surface area contributed by atoms with E-state index in [-0.39, 0.29) is 6.03 Å². The molecule has 8 heteroatoms. The first-order valence-corrected chi connectivity index (χ1v) is 9.18. The fraction of sp³-hybridized carbons (Fsp3) is 0.643. The number of amides is 3. The van der Waals surface area contributed by atoms with E-state index in [1.807, 2.05) is 13.8 Å². The summed E-state index contributed by atoms with van der Waals surface area (Å²) in [5.74, 6) is 0.676. The lowest BCUT2D eigenvalue weighted by Crippen LogP contribution is -2.32. The largest absolute Gasteiger partial charge is 0.365 e. The van der Waals surface area contributed by atoms with E-state index in [1.165, 1.54) is 11.8 Å². The van der Waals surface area contributed by atoms with Crippen LogP contribution in [-0.2, 0) is 0 Å². The van der Waals surface area contributed by atoms with Crippen molar-refractivity contribution in [2.45, 2.75) is 45.1 Å². The molecule has 1 rings (SSSR count). The second-order valence-corrected chi connectivity index (χ2v) is 7.20. The number of unbranched alkanes of at least 4 members (excludes halogenated alkanes) is 2. The highest BCUT2D eigenvalue weighted by Gasteiger charge is 2.20. The molecule has 0 unspecified atom stereocenters. The summed E-state index contributed by atoms with van der Waals surface area (Å²) >= 11 is 2.60. The van der Waals surface area contributed by atoms with E-state index < -0.39 is 5.91 Å². The van der Waals surface area contributed by atoms with Gasteiger partial charge in [0.1, 0.15) is 15.6 Å². The standard InChI is InChI=1S/C14H24N4O2S2/c1-4-5-6-7-21-13-10(11(15)19)12(22-18-13)17-14(20)16-8-9(2)3/h9H,4-8H2,1-3H3,(H2,15,19)(H2,16,17,20). The summed E-state index contributed by atoms with van der Waals surface area (Å²) in [7, 11) is 0. The molecule has 3 amide bonds. The van der Waals surface area contributed by atoms with Crippen molar-refractivity contribution in [3.05, 3.63) is 5.56 Å². The number of aromatic nitrogens is 1. The molecule has 0 fully saturated rings. The molecule has 0 aliphatic rings. The molecule has 0 bridgehead atoms. The van der Waals surface area contributed by atoms with Gasteiger partial charge in [-0.3, -0.25) is 10.1 Å². The minimum absolute atomic E-state index is 0.311. The van der Waals surface area contributed by atoms with E-state index in [4.69, 9.17) is 5.73 Å². The van der Waals surface area contributed by atoms with E-state index in [1.54, 1.807) is 0 Å². The Hall–Kier alpha value is -1.28. The molecular weight excluding hydrogens is 320 g/mol. The molecule has 124 valence electrons. The van der Waals surface area contributed by atoms with Gasteiger partial charge in [-0.1, -0.05) is 33.6 Å². The van der Waals surface area contributed by atoms with Crippen molar-refractivity contribution in [2.24, 2.45) is 11.7 Å². The third kappa shape index (κ3) is 6.23. The Kier molecular flexibility index (Phi) is 8.26. The van der Waals surface area contributed by atoms with Gasteiger partial charge in [-0.25, -0.2) is 4.79 Å². The normalized spacial score (nSPS) is 10.7. The van der Waals surface area contributed by atoms with Crippen LogP contribution in [-0.4, -0.2) is 28.6 Å². The van der Waals surface area contributed by atoms with Gasteiger partial charge in [-0.2, -0.15) is 4.37 Å². The molecule has 1 aromatic heterocycles. The second-order valence-electron chi connectivity index (χ2n) is 5.34. The number of nitrogens with two attached hydrogens (primary N) is 1. The number of rotatable bonds is 9. The van der Waals surface area contributed by atoms with Gasteiger partial charge in [0.2, 0.25) is 0 Å². The molecule has 1 heterocycles. The van der Waals surface area contributed by atoms with E-state index in [2.05, 4.69) is 21.9 Å². The first-order chi connectivity index (χ1) is 10.5. The summed E-state index contributed by atoms with van der Waals surface area (Å²) in [5, 5.41) is 6.41. The molecule has 0 saturated carbocycles. The van der Waals surface area contributed by atoms with Crippen molar-refractivity contribution in [3.63, 3.8) is 0 Å². The fourth-order valence-electron chi connectivity index (χ4n) is 1.64. The van der Waals surface area contributed by atoms with Crippen LogP contribution in [0.3, 0.4) is 0 Å². The molecule has 1 aromatic rings. The molecule has 0 spiro atoms. The zero-order chi connectivity index (χ0) is 16.5. The van der Waals surface area contributed by atoms with Gasteiger partial charge in [-0.05, 0) is 29.6 Å². The Labute approximate surface area is 139 Å². The summed E-state index contributed by atoms with van der Waals surface area (Å²) in [6, 6.07) is -0.345.